The largest absolute Gasteiger partial charge is 0.356 e. The number of hydrogen-bond acceptors (Lipinski definition) is 3. The zero-order valence-electron chi connectivity index (χ0n) is 15.1. The molecule has 7 heteroatoms. The summed E-state index contributed by atoms with van der Waals surface area (Å²) in [6.07, 6.45) is 10.2. The van der Waals surface area contributed by atoms with E-state index in [4.69, 9.17) is 0 Å². The Kier molecular flexibility index (Phi) is 11.1. The van der Waals surface area contributed by atoms with Gasteiger partial charge in [0.05, 0.1) is 0 Å². The topological polar surface area (TPSA) is 57.5 Å². The van der Waals surface area contributed by atoms with E-state index in [1.807, 2.05) is 30.2 Å². The van der Waals surface area contributed by atoms with Gasteiger partial charge >= 0.3 is 0 Å². The van der Waals surface area contributed by atoms with Gasteiger partial charge in [0.2, 0.25) is 0 Å². The van der Waals surface area contributed by atoms with Crippen LogP contribution in [0.5, 0.6) is 0 Å². The Morgan fingerprint density at radius 1 is 1.25 bits per heavy atom. The summed E-state index contributed by atoms with van der Waals surface area (Å²) in [7, 11) is 1.83. The molecule has 138 valence electrons. The van der Waals surface area contributed by atoms with Crippen molar-refractivity contribution in [3.05, 3.63) is 18.5 Å². The summed E-state index contributed by atoms with van der Waals surface area (Å²) >= 11 is 0. The number of aryl methyl sites for hydroxylation is 1. The molecule has 6 nitrogen and oxygen atoms in total. The van der Waals surface area contributed by atoms with E-state index in [1.54, 1.807) is 0 Å². The molecule has 0 spiro atoms. The molecular weight excluding hydrogens is 415 g/mol. The van der Waals surface area contributed by atoms with Crippen molar-refractivity contribution in [3.63, 3.8) is 0 Å². The van der Waals surface area contributed by atoms with Crippen molar-refractivity contribution in [3.8, 4) is 0 Å². The maximum Gasteiger partial charge on any atom is 0.191 e. The monoisotopic (exact) mass is 448 g/mol. The van der Waals surface area contributed by atoms with Gasteiger partial charge in [-0.05, 0) is 38.3 Å². The molecule has 0 aliphatic carbocycles. The summed E-state index contributed by atoms with van der Waals surface area (Å²) in [6.45, 7) is 7.44. The van der Waals surface area contributed by atoms with Crippen molar-refractivity contribution in [1.29, 1.82) is 0 Å². The van der Waals surface area contributed by atoms with Crippen molar-refractivity contribution in [2.75, 3.05) is 33.2 Å². The first-order chi connectivity index (χ1) is 11.3. The molecule has 2 heterocycles. The fraction of sp³-hybridized carbons (Fsp3) is 0.765. The second-order valence-corrected chi connectivity index (χ2v) is 6.14. The van der Waals surface area contributed by atoms with Crippen LogP contribution in [0, 0.1) is 0 Å². The zero-order valence-corrected chi connectivity index (χ0v) is 17.4. The summed E-state index contributed by atoms with van der Waals surface area (Å²) < 4.78 is 1.96. The maximum absolute atomic E-state index is 4.30. The van der Waals surface area contributed by atoms with Crippen molar-refractivity contribution < 1.29 is 0 Å². The molecule has 0 bridgehead atoms. The minimum atomic E-state index is 0. The average Bonchev–Trinajstić information content (AvgIpc) is 3.10. The first-order valence-electron chi connectivity index (χ1n) is 8.99. The standard InChI is InChI=1S/C17H32N6.HI/c1-3-16-8-4-5-12-22(16)15-11-20-17(18-2)19-9-6-13-23-14-7-10-21-23;/h7,10,14,16H,3-6,8-9,11-13,15H2,1-2H3,(H2,18,19,20);1H. The third-order valence-corrected chi connectivity index (χ3v) is 4.55. The van der Waals surface area contributed by atoms with Crippen molar-refractivity contribution in [1.82, 2.24) is 25.3 Å². The van der Waals surface area contributed by atoms with Crippen molar-refractivity contribution in [2.45, 2.75) is 51.6 Å². The Morgan fingerprint density at radius 2 is 2.08 bits per heavy atom. The fourth-order valence-electron chi connectivity index (χ4n) is 3.24. The number of nitrogens with zero attached hydrogens (tertiary/aromatic N) is 4. The van der Waals surface area contributed by atoms with Crippen LogP contribution >= 0.6 is 24.0 Å². The highest BCUT2D eigenvalue weighted by molar-refractivity contribution is 14.0. The summed E-state index contributed by atoms with van der Waals surface area (Å²) in [5.41, 5.74) is 0. The van der Waals surface area contributed by atoms with E-state index in [2.05, 4.69) is 32.5 Å². The van der Waals surface area contributed by atoms with Gasteiger partial charge in [0.25, 0.3) is 0 Å². The van der Waals surface area contributed by atoms with E-state index in [1.165, 1.54) is 32.2 Å². The molecule has 24 heavy (non-hydrogen) atoms. The van der Waals surface area contributed by atoms with E-state index < -0.39 is 0 Å². The number of piperidine rings is 1. The SMILES string of the molecule is CCC1CCCCN1CCNC(=NC)NCCCn1cccn1.I. The third kappa shape index (κ3) is 7.38. The summed E-state index contributed by atoms with van der Waals surface area (Å²) in [5.74, 6) is 0.899. The van der Waals surface area contributed by atoms with Crippen LogP contribution in [0.1, 0.15) is 39.0 Å². The molecule has 1 fully saturated rings. The van der Waals surface area contributed by atoms with Gasteiger partial charge in [0, 0.05) is 51.7 Å². The van der Waals surface area contributed by atoms with Crippen LogP contribution in [0.15, 0.2) is 23.5 Å². The summed E-state index contributed by atoms with van der Waals surface area (Å²) in [5, 5.41) is 11.0. The summed E-state index contributed by atoms with van der Waals surface area (Å²) in [4.78, 5) is 6.92. The fourth-order valence-corrected chi connectivity index (χ4v) is 3.24. The van der Waals surface area contributed by atoms with Crippen LogP contribution in [0.2, 0.25) is 0 Å². The molecule has 0 amide bonds. The van der Waals surface area contributed by atoms with Crippen LogP contribution in [0.4, 0.5) is 0 Å². The average molecular weight is 448 g/mol. The number of nitrogens with one attached hydrogen (secondary N) is 2. The predicted molar refractivity (Wildman–Crippen MR) is 111 cm³/mol. The molecule has 2 N–H and O–H groups in total. The highest BCUT2D eigenvalue weighted by Gasteiger charge is 2.19. The number of halogens is 1. The van der Waals surface area contributed by atoms with E-state index in [0.717, 1.165) is 44.6 Å². The molecule has 0 saturated carbocycles. The molecule has 0 aromatic carbocycles. The Bertz CT molecular complexity index is 448. The van der Waals surface area contributed by atoms with E-state index in [9.17, 15) is 0 Å². The van der Waals surface area contributed by atoms with Gasteiger partial charge in [-0.15, -0.1) is 24.0 Å². The van der Waals surface area contributed by atoms with Gasteiger partial charge < -0.3 is 10.6 Å². The molecule has 1 aromatic rings. The minimum Gasteiger partial charge on any atom is -0.356 e. The number of aliphatic imine (C=N–C) groups is 1. The Hall–Kier alpha value is -0.830. The normalized spacial score (nSPS) is 18.9. The summed E-state index contributed by atoms with van der Waals surface area (Å²) in [6, 6.07) is 2.73. The first-order valence-corrected chi connectivity index (χ1v) is 8.99. The zero-order chi connectivity index (χ0) is 16.3. The van der Waals surface area contributed by atoms with Crippen LogP contribution in [-0.4, -0.2) is 59.9 Å². The molecule has 0 radical (unpaired) electrons. The van der Waals surface area contributed by atoms with E-state index in [-0.39, 0.29) is 24.0 Å². The highest BCUT2D eigenvalue weighted by Crippen LogP contribution is 2.18. The maximum atomic E-state index is 4.30. The third-order valence-electron chi connectivity index (χ3n) is 4.55. The molecule has 1 aromatic heterocycles. The molecular formula is C17H33IN6. The Morgan fingerprint density at radius 3 is 2.79 bits per heavy atom. The number of hydrogen-bond donors (Lipinski definition) is 2. The molecule has 1 atom stereocenters. The lowest BCUT2D eigenvalue weighted by Crippen LogP contribution is -2.46. The minimum absolute atomic E-state index is 0. The van der Waals surface area contributed by atoms with Crippen LogP contribution in [-0.2, 0) is 6.54 Å². The van der Waals surface area contributed by atoms with Crippen LogP contribution < -0.4 is 10.6 Å². The highest BCUT2D eigenvalue weighted by atomic mass is 127. The lowest BCUT2D eigenvalue weighted by Gasteiger charge is -2.35. The Balaban J connectivity index is 0.00000288. The van der Waals surface area contributed by atoms with Crippen molar-refractivity contribution in [2.24, 2.45) is 4.99 Å². The second kappa shape index (κ2) is 12.5. The first kappa shape index (κ1) is 21.2. The van der Waals surface area contributed by atoms with Crippen molar-refractivity contribution >= 4 is 29.9 Å². The van der Waals surface area contributed by atoms with E-state index in [0.29, 0.717) is 0 Å². The second-order valence-electron chi connectivity index (χ2n) is 6.14. The lowest BCUT2D eigenvalue weighted by molar-refractivity contribution is 0.147. The lowest BCUT2D eigenvalue weighted by atomic mass is 10.0. The number of aromatic nitrogens is 2. The smallest absolute Gasteiger partial charge is 0.191 e. The molecule has 2 rings (SSSR count). The molecule has 1 aliphatic heterocycles. The van der Waals surface area contributed by atoms with Gasteiger partial charge in [0.1, 0.15) is 0 Å². The van der Waals surface area contributed by atoms with Gasteiger partial charge in [0.15, 0.2) is 5.96 Å². The van der Waals surface area contributed by atoms with E-state index >= 15 is 0 Å². The molecule has 1 saturated heterocycles. The van der Waals surface area contributed by atoms with Gasteiger partial charge in [-0.3, -0.25) is 14.6 Å². The van der Waals surface area contributed by atoms with Crippen LogP contribution in [0.3, 0.4) is 0 Å². The quantitative estimate of drug-likeness (QED) is 0.278. The van der Waals surface area contributed by atoms with Crippen LogP contribution in [0.25, 0.3) is 0 Å². The number of guanidine groups is 1. The van der Waals surface area contributed by atoms with Gasteiger partial charge in [-0.25, -0.2) is 0 Å². The molecule has 1 aliphatic rings. The Labute approximate surface area is 163 Å². The predicted octanol–water partition coefficient (Wildman–Crippen LogP) is 2.32. The van der Waals surface area contributed by atoms with Gasteiger partial charge in [-0.1, -0.05) is 13.3 Å². The number of rotatable bonds is 8. The van der Waals surface area contributed by atoms with Gasteiger partial charge in [-0.2, -0.15) is 5.10 Å². The number of likely N-dealkylation sites (tertiary alicyclic amines) is 1. The molecule has 1 unspecified atom stereocenters.